The number of amides is 2. The Morgan fingerprint density at radius 1 is 1.33 bits per heavy atom. The lowest BCUT2D eigenvalue weighted by Gasteiger charge is -2.28. The van der Waals surface area contributed by atoms with Gasteiger partial charge in [0.1, 0.15) is 6.04 Å². The van der Waals surface area contributed by atoms with E-state index < -0.39 is 12.0 Å². The summed E-state index contributed by atoms with van der Waals surface area (Å²) in [6.45, 7) is 3.95. The predicted molar refractivity (Wildman–Crippen MR) is 81.3 cm³/mol. The molecule has 0 aromatic rings. The van der Waals surface area contributed by atoms with Crippen molar-refractivity contribution in [2.75, 3.05) is 18.8 Å². The van der Waals surface area contributed by atoms with Crippen LogP contribution in [0.1, 0.15) is 32.6 Å². The minimum atomic E-state index is -0.903. The van der Waals surface area contributed by atoms with E-state index in [1.807, 2.05) is 6.92 Å². The zero-order valence-electron chi connectivity index (χ0n) is 12.3. The van der Waals surface area contributed by atoms with Gasteiger partial charge in [0.25, 0.3) is 0 Å². The van der Waals surface area contributed by atoms with Crippen LogP contribution < -0.4 is 5.32 Å². The van der Waals surface area contributed by atoms with Crippen molar-refractivity contribution < 1.29 is 14.7 Å². The summed E-state index contributed by atoms with van der Waals surface area (Å²) in [5, 5.41) is 12.3. The zero-order chi connectivity index (χ0) is 15.0. The largest absolute Gasteiger partial charge is 0.480 e. The molecule has 2 amide bonds. The lowest BCUT2D eigenvalue weighted by atomic mass is 10.2. The summed E-state index contributed by atoms with van der Waals surface area (Å²) in [5.74, 6) is -0.417. The van der Waals surface area contributed by atoms with Gasteiger partial charge in [-0.1, -0.05) is 6.92 Å². The van der Waals surface area contributed by atoms with E-state index in [1.54, 1.807) is 11.8 Å². The maximum Gasteiger partial charge on any atom is 0.327 e. The molecule has 1 saturated carbocycles. The molecule has 2 aliphatic heterocycles. The lowest BCUT2D eigenvalue weighted by Crippen LogP contribution is -2.52. The summed E-state index contributed by atoms with van der Waals surface area (Å²) in [4.78, 5) is 27.8. The monoisotopic (exact) mass is 313 g/mol. The van der Waals surface area contributed by atoms with E-state index in [-0.39, 0.29) is 17.4 Å². The first-order valence-electron chi connectivity index (χ1n) is 7.77. The van der Waals surface area contributed by atoms with Gasteiger partial charge in [-0.25, -0.2) is 9.59 Å². The molecule has 3 atom stereocenters. The van der Waals surface area contributed by atoms with Crippen molar-refractivity contribution in [1.82, 2.24) is 15.1 Å². The van der Waals surface area contributed by atoms with Crippen molar-refractivity contribution in [3.05, 3.63) is 0 Å². The first-order chi connectivity index (χ1) is 10.1. The Morgan fingerprint density at radius 3 is 2.71 bits per heavy atom. The fraction of sp³-hybridized carbons (Fsp3) is 0.857. The van der Waals surface area contributed by atoms with Crippen LogP contribution in [0.3, 0.4) is 0 Å². The third kappa shape index (κ3) is 3.13. The van der Waals surface area contributed by atoms with Crippen LogP contribution in [0.5, 0.6) is 0 Å². The molecule has 3 aliphatic rings. The van der Waals surface area contributed by atoms with Crippen molar-refractivity contribution in [1.29, 1.82) is 0 Å². The van der Waals surface area contributed by atoms with E-state index >= 15 is 0 Å². The number of aliphatic carboxylic acids is 1. The molecule has 2 N–H and O–H groups in total. The van der Waals surface area contributed by atoms with Gasteiger partial charge >= 0.3 is 12.0 Å². The maximum atomic E-state index is 12.5. The van der Waals surface area contributed by atoms with Gasteiger partial charge in [-0.2, -0.15) is 0 Å². The van der Waals surface area contributed by atoms with Crippen LogP contribution in [0, 0.1) is 0 Å². The van der Waals surface area contributed by atoms with E-state index in [2.05, 4.69) is 10.2 Å². The van der Waals surface area contributed by atoms with E-state index in [9.17, 15) is 14.7 Å². The first-order valence-corrected chi connectivity index (χ1v) is 8.82. The molecule has 0 bridgehead atoms. The molecule has 0 radical (unpaired) electrons. The highest BCUT2D eigenvalue weighted by molar-refractivity contribution is 8.00. The Kier molecular flexibility index (Phi) is 4.31. The second-order valence-electron chi connectivity index (χ2n) is 6.12. The van der Waals surface area contributed by atoms with Crippen LogP contribution in [0.2, 0.25) is 0 Å². The zero-order valence-corrected chi connectivity index (χ0v) is 13.1. The van der Waals surface area contributed by atoms with Crippen molar-refractivity contribution in [3.63, 3.8) is 0 Å². The molecule has 118 valence electrons. The van der Waals surface area contributed by atoms with Gasteiger partial charge in [-0.15, -0.1) is 11.8 Å². The fourth-order valence-corrected chi connectivity index (χ4v) is 4.61. The Balaban J connectivity index is 1.59. The third-order valence-corrected chi connectivity index (χ3v) is 6.03. The van der Waals surface area contributed by atoms with Crippen LogP contribution in [-0.2, 0) is 4.79 Å². The average Bonchev–Trinajstić information content (AvgIpc) is 3.03. The number of hydrogen-bond acceptors (Lipinski definition) is 4. The summed E-state index contributed by atoms with van der Waals surface area (Å²) in [7, 11) is 0. The number of carboxylic acid groups (broad SMARTS) is 1. The molecule has 1 aliphatic carbocycles. The number of hydrogen-bond donors (Lipinski definition) is 2. The molecule has 6 nitrogen and oxygen atoms in total. The van der Waals surface area contributed by atoms with E-state index in [0.29, 0.717) is 5.75 Å². The molecule has 0 spiro atoms. The maximum absolute atomic E-state index is 12.5. The highest BCUT2D eigenvalue weighted by Gasteiger charge is 2.42. The smallest absolute Gasteiger partial charge is 0.327 e. The predicted octanol–water partition coefficient (Wildman–Crippen LogP) is 1.17. The fourth-order valence-electron chi connectivity index (χ4n) is 3.27. The van der Waals surface area contributed by atoms with Crippen LogP contribution in [-0.4, -0.2) is 69.2 Å². The number of urea groups is 1. The summed E-state index contributed by atoms with van der Waals surface area (Å²) in [6.07, 6.45) is 4.31. The molecule has 7 heteroatoms. The summed E-state index contributed by atoms with van der Waals surface area (Å²) >= 11 is 1.56. The van der Waals surface area contributed by atoms with E-state index in [4.69, 9.17) is 0 Å². The number of rotatable bonds is 4. The van der Waals surface area contributed by atoms with Crippen LogP contribution in [0.15, 0.2) is 0 Å². The topological polar surface area (TPSA) is 72.9 Å². The van der Waals surface area contributed by atoms with Gasteiger partial charge in [0.05, 0.1) is 5.37 Å². The minimum absolute atomic E-state index is 0.0213. The third-order valence-electron chi connectivity index (χ3n) is 4.57. The number of carbonyl (C=O) groups excluding carboxylic acids is 1. The standard InChI is InChI=1S/C14H23N3O3S/c1-2-12-17(11(8-21-12)13(18)19)14(20)15-9-5-6-16(7-9)10-3-4-10/h9-12H,2-8H2,1H3,(H,15,20)(H,18,19). The Labute approximate surface area is 129 Å². The molecule has 2 heterocycles. The summed E-state index contributed by atoms with van der Waals surface area (Å²) in [5.41, 5.74) is 0. The van der Waals surface area contributed by atoms with Gasteiger partial charge in [-0.05, 0) is 25.7 Å². The Hall–Kier alpha value is -0.950. The molecule has 21 heavy (non-hydrogen) atoms. The molecule has 2 saturated heterocycles. The average molecular weight is 313 g/mol. The van der Waals surface area contributed by atoms with Crippen LogP contribution >= 0.6 is 11.8 Å². The highest BCUT2D eigenvalue weighted by Crippen LogP contribution is 2.32. The van der Waals surface area contributed by atoms with Crippen molar-refractivity contribution >= 4 is 23.8 Å². The van der Waals surface area contributed by atoms with Crippen LogP contribution in [0.25, 0.3) is 0 Å². The molecule has 3 unspecified atom stereocenters. The second-order valence-corrected chi connectivity index (χ2v) is 7.33. The molecular weight excluding hydrogens is 290 g/mol. The lowest BCUT2D eigenvalue weighted by molar-refractivity contribution is -0.141. The van der Waals surface area contributed by atoms with E-state index in [0.717, 1.165) is 32.0 Å². The highest BCUT2D eigenvalue weighted by atomic mass is 32.2. The minimum Gasteiger partial charge on any atom is -0.480 e. The van der Waals surface area contributed by atoms with Gasteiger partial charge < -0.3 is 10.4 Å². The number of likely N-dealkylation sites (tertiary alicyclic amines) is 1. The molecule has 0 aromatic carbocycles. The normalized spacial score (nSPS) is 33.4. The quantitative estimate of drug-likeness (QED) is 0.815. The first kappa shape index (κ1) is 15.0. The molecule has 3 rings (SSSR count). The summed E-state index contributed by atoms with van der Waals surface area (Å²) in [6, 6.07) is -0.0113. The Bertz CT molecular complexity index is 430. The second kappa shape index (κ2) is 6.04. The van der Waals surface area contributed by atoms with Gasteiger partial charge in [0.15, 0.2) is 0 Å². The number of carbonyl (C=O) groups is 2. The molecule has 0 aromatic heterocycles. The SMILES string of the molecule is CCC1SCC(C(=O)O)N1C(=O)NC1CCN(C2CC2)C1. The molecular formula is C14H23N3O3S. The van der Waals surface area contributed by atoms with Crippen molar-refractivity contribution in [2.24, 2.45) is 0 Å². The summed E-state index contributed by atoms with van der Waals surface area (Å²) < 4.78 is 0. The number of carboxylic acids is 1. The number of nitrogens with one attached hydrogen (secondary N) is 1. The van der Waals surface area contributed by atoms with Crippen molar-refractivity contribution in [3.8, 4) is 0 Å². The van der Waals surface area contributed by atoms with Crippen LogP contribution in [0.4, 0.5) is 4.79 Å². The van der Waals surface area contributed by atoms with Crippen molar-refractivity contribution in [2.45, 2.75) is 56.1 Å². The number of thioether (sulfide) groups is 1. The molecule has 3 fully saturated rings. The number of nitrogens with zero attached hydrogens (tertiary/aromatic N) is 2. The van der Waals surface area contributed by atoms with E-state index in [1.165, 1.54) is 17.7 Å². The van der Waals surface area contributed by atoms with Gasteiger partial charge in [0, 0.05) is 30.9 Å². The van der Waals surface area contributed by atoms with Gasteiger partial charge in [0.2, 0.25) is 0 Å². The Morgan fingerprint density at radius 2 is 2.10 bits per heavy atom. The van der Waals surface area contributed by atoms with Gasteiger partial charge in [-0.3, -0.25) is 9.80 Å².